The Morgan fingerprint density at radius 1 is 1.12 bits per heavy atom. The number of para-hydroxylation sites is 1. The molecular weight excluding hydrogens is 429 g/mol. The first-order chi connectivity index (χ1) is 12.0. The smallest absolute Gasteiger partial charge is 0.253 e. The summed E-state index contributed by atoms with van der Waals surface area (Å²) in [4.78, 5) is 28.5. The Labute approximate surface area is 158 Å². The summed E-state index contributed by atoms with van der Waals surface area (Å²) in [6.07, 6.45) is 1.85. The highest BCUT2D eigenvalue weighted by molar-refractivity contribution is 14.1. The molecule has 5 nitrogen and oxygen atoms in total. The van der Waals surface area contributed by atoms with Crippen molar-refractivity contribution in [2.75, 3.05) is 0 Å². The van der Waals surface area contributed by atoms with Crippen LogP contribution in [0.4, 0.5) is 0 Å². The first kappa shape index (κ1) is 17.3. The number of benzene rings is 2. The van der Waals surface area contributed by atoms with Gasteiger partial charge in [-0.05, 0) is 52.4 Å². The third-order valence-electron chi connectivity index (χ3n) is 3.83. The molecule has 2 amide bonds. The Balaban J connectivity index is 1.78. The van der Waals surface area contributed by atoms with Crippen molar-refractivity contribution in [2.24, 2.45) is 5.73 Å². The summed E-state index contributed by atoms with van der Waals surface area (Å²) in [5.41, 5.74) is 7.61. The minimum Gasteiger partial charge on any atom is -0.368 e. The molecule has 1 heterocycles. The maximum Gasteiger partial charge on any atom is 0.253 e. The van der Waals surface area contributed by atoms with Crippen LogP contribution in [0.15, 0.2) is 60.8 Å². The number of carbonyl (C=O) groups excluding carboxylic acids is 2. The zero-order valence-corrected chi connectivity index (χ0v) is 15.4. The quantitative estimate of drug-likeness (QED) is 0.593. The van der Waals surface area contributed by atoms with Gasteiger partial charge in [-0.3, -0.25) is 14.6 Å². The third-order valence-corrected chi connectivity index (χ3v) is 4.50. The summed E-state index contributed by atoms with van der Waals surface area (Å²) in [6, 6.07) is 16.2. The van der Waals surface area contributed by atoms with Crippen molar-refractivity contribution in [2.45, 2.75) is 12.5 Å². The van der Waals surface area contributed by atoms with Crippen molar-refractivity contribution in [3.05, 3.63) is 75.5 Å². The molecule has 0 aliphatic carbocycles. The van der Waals surface area contributed by atoms with E-state index in [1.165, 1.54) is 6.20 Å². The van der Waals surface area contributed by atoms with Crippen LogP contribution >= 0.6 is 22.6 Å². The lowest BCUT2D eigenvalue weighted by Gasteiger charge is -2.16. The number of amides is 2. The molecule has 3 aromatic rings. The second kappa shape index (κ2) is 7.60. The molecule has 0 radical (unpaired) electrons. The molecule has 3 rings (SSSR count). The van der Waals surface area contributed by atoms with E-state index in [9.17, 15) is 9.59 Å². The Kier molecular flexibility index (Phi) is 5.28. The number of rotatable bonds is 5. The number of nitrogens with zero attached hydrogens (tertiary/aromatic N) is 1. The highest BCUT2D eigenvalue weighted by Gasteiger charge is 2.20. The molecule has 6 heteroatoms. The minimum atomic E-state index is -0.780. The van der Waals surface area contributed by atoms with Crippen LogP contribution in [0, 0.1) is 3.57 Å². The Morgan fingerprint density at radius 3 is 2.68 bits per heavy atom. The summed E-state index contributed by atoms with van der Waals surface area (Å²) in [5.74, 6) is -0.936. The molecule has 0 aliphatic heterocycles. The van der Waals surface area contributed by atoms with Crippen LogP contribution in [-0.2, 0) is 11.2 Å². The molecule has 0 fully saturated rings. The second-order valence-corrected chi connectivity index (χ2v) is 6.92. The average Bonchev–Trinajstić information content (AvgIpc) is 2.60. The molecule has 25 heavy (non-hydrogen) atoms. The van der Waals surface area contributed by atoms with E-state index in [4.69, 9.17) is 5.73 Å². The monoisotopic (exact) mass is 445 g/mol. The highest BCUT2D eigenvalue weighted by atomic mass is 127. The number of aromatic nitrogens is 1. The molecule has 3 N–H and O–H groups in total. The lowest BCUT2D eigenvalue weighted by molar-refractivity contribution is -0.119. The predicted octanol–water partition coefficient (Wildman–Crippen LogP) is 2.67. The van der Waals surface area contributed by atoms with Gasteiger partial charge in [-0.25, -0.2) is 0 Å². The van der Waals surface area contributed by atoms with Gasteiger partial charge in [0.2, 0.25) is 5.91 Å². The molecule has 1 atom stereocenters. The normalized spacial score (nSPS) is 11.9. The van der Waals surface area contributed by atoms with E-state index in [0.29, 0.717) is 12.0 Å². The number of hydrogen-bond donors (Lipinski definition) is 2. The number of carbonyl (C=O) groups is 2. The van der Waals surface area contributed by atoms with E-state index in [1.807, 2.05) is 48.5 Å². The third kappa shape index (κ3) is 4.33. The van der Waals surface area contributed by atoms with Gasteiger partial charge in [-0.2, -0.15) is 0 Å². The Bertz CT molecular complexity index is 943. The maximum absolute atomic E-state index is 12.5. The van der Waals surface area contributed by atoms with Crippen LogP contribution in [-0.4, -0.2) is 22.8 Å². The number of hydrogen-bond acceptors (Lipinski definition) is 3. The molecule has 0 saturated carbocycles. The number of pyridine rings is 1. The van der Waals surface area contributed by atoms with Crippen molar-refractivity contribution in [3.63, 3.8) is 0 Å². The maximum atomic E-state index is 12.5. The van der Waals surface area contributed by atoms with Crippen LogP contribution in [0.5, 0.6) is 0 Å². The lowest BCUT2D eigenvalue weighted by atomic mass is 10.0. The summed E-state index contributed by atoms with van der Waals surface area (Å²) >= 11 is 2.20. The molecule has 0 unspecified atom stereocenters. The van der Waals surface area contributed by atoms with Crippen molar-refractivity contribution < 1.29 is 9.59 Å². The highest BCUT2D eigenvalue weighted by Crippen LogP contribution is 2.14. The first-order valence-corrected chi connectivity index (χ1v) is 8.80. The SMILES string of the molecule is NC(=O)[C@H](Cc1cccc(I)c1)NC(=O)c1cnc2ccccc2c1. The molecule has 0 bridgehead atoms. The van der Waals surface area contributed by atoms with Gasteiger partial charge >= 0.3 is 0 Å². The Hall–Kier alpha value is -2.48. The van der Waals surface area contributed by atoms with Crippen molar-refractivity contribution in [1.82, 2.24) is 10.3 Å². The van der Waals surface area contributed by atoms with Gasteiger partial charge in [0.05, 0.1) is 11.1 Å². The molecular formula is C19H16IN3O2. The fourth-order valence-electron chi connectivity index (χ4n) is 2.56. The molecule has 126 valence electrons. The van der Waals surface area contributed by atoms with Gasteiger partial charge < -0.3 is 11.1 Å². The van der Waals surface area contributed by atoms with Gasteiger partial charge in [0.25, 0.3) is 5.91 Å². The summed E-state index contributed by atoms with van der Waals surface area (Å²) < 4.78 is 1.06. The van der Waals surface area contributed by atoms with Crippen LogP contribution in [0.2, 0.25) is 0 Å². The Morgan fingerprint density at radius 2 is 1.92 bits per heavy atom. The molecule has 0 aliphatic rings. The van der Waals surface area contributed by atoms with E-state index in [1.54, 1.807) is 6.07 Å². The summed E-state index contributed by atoms with van der Waals surface area (Å²) in [5, 5.41) is 3.57. The van der Waals surface area contributed by atoms with Gasteiger partial charge in [0.1, 0.15) is 6.04 Å². The number of fused-ring (bicyclic) bond motifs is 1. The van der Waals surface area contributed by atoms with E-state index < -0.39 is 11.9 Å². The van der Waals surface area contributed by atoms with Gasteiger partial charge in [-0.1, -0.05) is 30.3 Å². The van der Waals surface area contributed by atoms with Crippen molar-refractivity contribution in [1.29, 1.82) is 0 Å². The first-order valence-electron chi connectivity index (χ1n) is 7.72. The summed E-state index contributed by atoms with van der Waals surface area (Å²) in [7, 11) is 0. The van der Waals surface area contributed by atoms with Gasteiger partial charge in [-0.15, -0.1) is 0 Å². The van der Waals surface area contributed by atoms with Gasteiger partial charge in [0, 0.05) is 21.6 Å². The van der Waals surface area contributed by atoms with Crippen molar-refractivity contribution in [3.8, 4) is 0 Å². The number of nitrogens with two attached hydrogens (primary N) is 1. The van der Waals surface area contributed by atoms with Crippen LogP contribution in [0.25, 0.3) is 10.9 Å². The van der Waals surface area contributed by atoms with Crippen molar-refractivity contribution >= 4 is 45.3 Å². The molecule has 0 saturated heterocycles. The van der Waals surface area contributed by atoms with E-state index in [0.717, 1.165) is 20.0 Å². The molecule has 2 aromatic carbocycles. The van der Waals surface area contributed by atoms with E-state index in [2.05, 4.69) is 32.9 Å². The predicted molar refractivity (Wildman–Crippen MR) is 105 cm³/mol. The van der Waals surface area contributed by atoms with Crippen LogP contribution in [0.3, 0.4) is 0 Å². The van der Waals surface area contributed by atoms with E-state index in [-0.39, 0.29) is 5.91 Å². The number of halogens is 1. The fraction of sp³-hybridized carbons (Fsp3) is 0.105. The standard InChI is InChI=1S/C19H16IN3O2/c20-15-6-3-4-12(8-15)9-17(18(21)24)23-19(25)14-10-13-5-1-2-7-16(13)22-11-14/h1-8,10-11,17H,9H2,(H2,21,24)(H,23,25)/t17-/m0/s1. The topological polar surface area (TPSA) is 85.1 Å². The second-order valence-electron chi connectivity index (χ2n) is 5.68. The molecule has 1 aromatic heterocycles. The number of primary amides is 1. The average molecular weight is 445 g/mol. The summed E-state index contributed by atoms with van der Waals surface area (Å²) in [6.45, 7) is 0. The zero-order chi connectivity index (χ0) is 17.8. The molecule has 0 spiro atoms. The largest absolute Gasteiger partial charge is 0.368 e. The zero-order valence-electron chi connectivity index (χ0n) is 13.3. The number of nitrogens with one attached hydrogen (secondary N) is 1. The van der Waals surface area contributed by atoms with Crippen LogP contribution < -0.4 is 11.1 Å². The van der Waals surface area contributed by atoms with E-state index >= 15 is 0 Å². The lowest BCUT2D eigenvalue weighted by Crippen LogP contribution is -2.45. The minimum absolute atomic E-state index is 0.346. The fourth-order valence-corrected chi connectivity index (χ4v) is 3.17. The van der Waals surface area contributed by atoms with Crippen LogP contribution in [0.1, 0.15) is 15.9 Å². The van der Waals surface area contributed by atoms with Gasteiger partial charge in [0.15, 0.2) is 0 Å².